The molecular formula is C19H19N3O3. The summed E-state index contributed by atoms with van der Waals surface area (Å²) < 4.78 is 1.04. The number of carbonyl (C=O) groups is 1. The third-order valence-corrected chi connectivity index (χ3v) is 4.13. The molecule has 0 fully saturated rings. The van der Waals surface area contributed by atoms with Gasteiger partial charge < -0.3 is 5.32 Å². The molecule has 1 heterocycles. The van der Waals surface area contributed by atoms with E-state index in [1.54, 1.807) is 24.3 Å². The zero-order chi connectivity index (χ0) is 18.1. The van der Waals surface area contributed by atoms with Crippen LogP contribution in [0.5, 0.6) is 0 Å². The Morgan fingerprint density at radius 3 is 2.28 bits per heavy atom. The van der Waals surface area contributed by atoms with Crippen molar-refractivity contribution in [1.29, 1.82) is 0 Å². The van der Waals surface area contributed by atoms with Crippen LogP contribution in [0.25, 0.3) is 10.8 Å². The molecular weight excluding hydrogens is 318 g/mol. The van der Waals surface area contributed by atoms with Gasteiger partial charge in [0.1, 0.15) is 6.54 Å². The average Bonchev–Trinajstić information content (AvgIpc) is 2.56. The molecule has 0 bridgehead atoms. The van der Waals surface area contributed by atoms with E-state index in [2.05, 4.69) is 10.4 Å². The Balaban J connectivity index is 1.92. The maximum atomic E-state index is 12.5. The van der Waals surface area contributed by atoms with Crippen LogP contribution in [-0.4, -0.2) is 15.7 Å². The lowest BCUT2D eigenvalue weighted by molar-refractivity contribution is -0.117. The lowest BCUT2D eigenvalue weighted by Gasteiger charge is -2.13. The zero-order valence-corrected chi connectivity index (χ0v) is 14.3. The van der Waals surface area contributed by atoms with Gasteiger partial charge in [-0.2, -0.15) is 0 Å². The van der Waals surface area contributed by atoms with Crippen molar-refractivity contribution in [2.24, 2.45) is 0 Å². The number of rotatable bonds is 3. The summed E-state index contributed by atoms with van der Waals surface area (Å²) >= 11 is 0. The van der Waals surface area contributed by atoms with E-state index in [1.165, 1.54) is 0 Å². The fourth-order valence-electron chi connectivity index (χ4n) is 3.06. The molecule has 0 aliphatic carbocycles. The summed E-state index contributed by atoms with van der Waals surface area (Å²) in [5.74, 6) is -0.372. The molecule has 2 aromatic carbocycles. The number of H-pyrrole nitrogens is 1. The van der Waals surface area contributed by atoms with Gasteiger partial charge >= 0.3 is 0 Å². The molecule has 6 heteroatoms. The molecule has 0 unspecified atom stereocenters. The number of fused-ring (bicyclic) bond motifs is 1. The van der Waals surface area contributed by atoms with Gasteiger partial charge in [0.15, 0.2) is 0 Å². The summed E-state index contributed by atoms with van der Waals surface area (Å²) in [5, 5.41) is 5.90. The smallest absolute Gasteiger partial charge is 0.273 e. The predicted molar refractivity (Wildman–Crippen MR) is 98.1 cm³/mol. The van der Waals surface area contributed by atoms with E-state index >= 15 is 0 Å². The Morgan fingerprint density at radius 1 is 1.04 bits per heavy atom. The molecule has 0 saturated heterocycles. The van der Waals surface area contributed by atoms with Gasteiger partial charge in [-0.05, 0) is 44.0 Å². The minimum absolute atomic E-state index is 0.258. The molecule has 0 spiro atoms. The van der Waals surface area contributed by atoms with E-state index in [0.717, 1.165) is 27.1 Å². The molecule has 1 aromatic heterocycles. The lowest BCUT2D eigenvalue weighted by Crippen LogP contribution is -2.34. The number of anilines is 1. The molecule has 2 N–H and O–H groups in total. The number of aromatic nitrogens is 2. The Kier molecular flexibility index (Phi) is 4.27. The van der Waals surface area contributed by atoms with Crippen LogP contribution in [0.4, 0.5) is 5.69 Å². The highest BCUT2D eigenvalue weighted by molar-refractivity contribution is 5.92. The predicted octanol–water partition coefficient (Wildman–Crippen LogP) is 2.25. The van der Waals surface area contributed by atoms with E-state index in [0.29, 0.717) is 10.8 Å². The van der Waals surface area contributed by atoms with Crippen LogP contribution in [0, 0.1) is 20.8 Å². The van der Waals surface area contributed by atoms with Crippen molar-refractivity contribution in [1.82, 2.24) is 9.78 Å². The molecule has 0 atom stereocenters. The Morgan fingerprint density at radius 2 is 1.64 bits per heavy atom. The number of benzene rings is 2. The average molecular weight is 337 g/mol. The molecule has 3 aromatic rings. The van der Waals surface area contributed by atoms with Crippen LogP contribution in [0.2, 0.25) is 0 Å². The van der Waals surface area contributed by atoms with Gasteiger partial charge in [0.05, 0.1) is 10.8 Å². The van der Waals surface area contributed by atoms with Gasteiger partial charge in [-0.1, -0.05) is 29.8 Å². The molecule has 0 aliphatic heterocycles. The fourth-order valence-corrected chi connectivity index (χ4v) is 3.06. The second-order valence-corrected chi connectivity index (χ2v) is 6.20. The van der Waals surface area contributed by atoms with E-state index in [4.69, 9.17) is 0 Å². The van der Waals surface area contributed by atoms with Crippen molar-refractivity contribution >= 4 is 22.4 Å². The Labute approximate surface area is 144 Å². The normalized spacial score (nSPS) is 10.8. The quantitative estimate of drug-likeness (QED) is 0.769. The van der Waals surface area contributed by atoms with Crippen molar-refractivity contribution in [3.8, 4) is 0 Å². The molecule has 25 heavy (non-hydrogen) atoms. The summed E-state index contributed by atoms with van der Waals surface area (Å²) in [5.41, 5.74) is 2.94. The van der Waals surface area contributed by atoms with Gasteiger partial charge in [0.25, 0.3) is 11.1 Å². The molecule has 128 valence electrons. The highest BCUT2D eigenvalue weighted by Crippen LogP contribution is 2.21. The van der Waals surface area contributed by atoms with Gasteiger partial charge in [-0.3, -0.25) is 19.5 Å². The third kappa shape index (κ3) is 3.24. The lowest BCUT2D eigenvalue weighted by atomic mass is 10.1. The second-order valence-electron chi connectivity index (χ2n) is 6.20. The summed E-state index contributed by atoms with van der Waals surface area (Å²) in [6.45, 7) is 5.57. The Hall–Kier alpha value is -3.15. The first-order valence-corrected chi connectivity index (χ1v) is 7.96. The summed E-state index contributed by atoms with van der Waals surface area (Å²) in [4.78, 5) is 36.9. The van der Waals surface area contributed by atoms with Crippen molar-refractivity contribution in [3.63, 3.8) is 0 Å². The number of hydrogen-bond donors (Lipinski definition) is 2. The van der Waals surface area contributed by atoms with E-state index in [-0.39, 0.29) is 12.5 Å². The number of nitrogens with one attached hydrogen (secondary N) is 2. The first kappa shape index (κ1) is 16.7. The molecule has 1 amide bonds. The number of hydrogen-bond acceptors (Lipinski definition) is 3. The van der Waals surface area contributed by atoms with E-state index in [1.807, 2.05) is 32.9 Å². The highest BCUT2D eigenvalue weighted by atomic mass is 16.2. The molecule has 6 nitrogen and oxygen atoms in total. The van der Waals surface area contributed by atoms with Crippen LogP contribution in [0.3, 0.4) is 0 Å². The van der Waals surface area contributed by atoms with Crippen molar-refractivity contribution in [3.05, 3.63) is 73.8 Å². The van der Waals surface area contributed by atoms with Gasteiger partial charge in [-0.25, -0.2) is 4.68 Å². The topological polar surface area (TPSA) is 84.0 Å². The number of aromatic amines is 1. The van der Waals surface area contributed by atoms with Gasteiger partial charge in [0.2, 0.25) is 5.91 Å². The van der Waals surface area contributed by atoms with Crippen LogP contribution in [0.1, 0.15) is 16.7 Å². The number of nitrogens with zero attached hydrogens (tertiary/aromatic N) is 1. The van der Waals surface area contributed by atoms with Crippen LogP contribution < -0.4 is 16.4 Å². The monoisotopic (exact) mass is 337 g/mol. The standard InChI is InChI=1S/C19H19N3O3/c1-11-8-12(2)17(13(3)9-11)20-16(23)10-22-19(25)15-7-5-4-6-14(15)18(24)21-22/h4-9H,10H2,1-3H3,(H,20,23)(H,21,24). The molecule has 3 rings (SSSR count). The minimum Gasteiger partial charge on any atom is -0.324 e. The SMILES string of the molecule is Cc1cc(C)c(NC(=O)Cn2[nH]c(=O)c3ccccc3c2=O)c(C)c1. The number of aryl methyl sites for hydroxylation is 3. The molecule has 0 radical (unpaired) electrons. The Bertz CT molecular complexity index is 1070. The van der Waals surface area contributed by atoms with Gasteiger partial charge in [0, 0.05) is 5.69 Å². The maximum Gasteiger partial charge on any atom is 0.273 e. The molecule has 0 saturated carbocycles. The first-order valence-electron chi connectivity index (χ1n) is 7.96. The maximum absolute atomic E-state index is 12.5. The summed E-state index contributed by atoms with van der Waals surface area (Å²) in [6, 6.07) is 10.5. The molecule has 0 aliphatic rings. The van der Waals surface area contributed by atoms with Gasteiger partial charge in [-0.15, -0.1) is 0 Å². The van der Waals surface area contributed by atoms with Crippen molar-refractivity contribution in [2.75, 3.05) is 5.32 Å². The van der Waals surface area contributed by atoms with Crippen molar-refractivity contribution in [2.45, 2.75) is 27.3 Å². The summed E-state index contributed by atoms with van der Waals surface area (Å²) in [6.07, 6.45) is 0. The minimum atomic E-state index is -0.400. The highest BCUT2D eigenvalue weighted by Gasteiger charge is 2.12. The van der Waals surface area contributed by atoms with Crippen LogP contribution in [-0.2, 0) is 11.3 Å². The largest absolute Gasteiger partial charge is 0.324 e. The van der Waals surface area contributed by atoms with Crippen molar-refractivity contribution < 1.29 is 4.79 Å². The number of carbonyl (C=O) groups excluding carboxylic acids is 1. The first-order chi connectivity index (χ1) is 11.9. The fraction of sp³-hybridized carbons (Fsp3) is 0.211. The van der Waals surface area contributed by atoms with E-state index < -0.39 is 11.1 Å². The second kappa shape index (κ2) is 6.39. The zero-order valence-electron chi connectivity index (χ0n) is 14.3. The van der Waals surface area contributed by atoms with E-state index in [9.17, 15) is 14.4 Å². The third-order valence-electron chi connectivity index (χ3n) is 4.13. The van der Waals surface area contributed by atoms with Crippen LogP contribution >= 0.6 is 0 Å². The van der Waals surface area contributed by atoms with Crippen LogP contribution in [0.15, 0.2) is 46.0 Å². The summed E-state index contributed by atoms with van der Waals surface area (Å²) in [7, 11) is 0. The number of amides is 1.